The number of nitro groups is 1. The minimum absolute atomic E-state index is 0.0272. The van der Waals surface area contributed by atoms with Crippen molar-refractivity contribution in [3.8, 4) is 5.75 Å². The van der Waals surface area contributed by atoms with E-state index in [9.17, 15) is 23.3 Å². The Morgan fingerprint density at radius 1 is 1.41 bits per heavy atom. The van der Waals surface area contributed by atoms with E-state index in [2.05, 4.69) is 0 Å². The number of hydrogen-bond donors (Lipinski definition) is 2. The Bertz CT molecular complexity index is 420. The Morgan fingerprint density at radius 2 is 2.06 bits per heavy atom. The summed E-state index contributed by atoms with van der Waals surface area (Å²) in [7, 11) is 0. The summed E-state index contributed by atoms with van der Waals surface area (Å²) >= 11 is 0. The van der Waals surface area contributed by atoms with Gasteiger partial charge in [-0.05, 0) is 18.1 Å². The van der Waals surface area contributed by atoms with E-state index in [1.807, 2.05) is 0 Å². The van der Waals surface area contributed by atoms with E-state index in [0.29, 0.717) is 5.56 Å². The number of nitro benzene ring substituents is 1. The monoisotopic (exact) mass is 250 g/mol. The van der Waals surface area contributed by atoms with E-state index in [4.69, 9.17) is 5.11 Å². The van der Waals surface area contributed by atoms with E-state index < -0.39 is 22.7 Å². The van der Waals surface area contributed by atoms with Crippen LogP contribution in [0.25, 0.3) is 0 Å². The molecule has 1 rings (SSSR count). The van der Waals surface area contributed by atoms with Crippen molar-refractivity contribution in [3.63, 3.8) is 0 Å². The van der Waals surface area contributed by atoms with Crippen molar-refractivity contribution in [2.75, 3.05) is 6.54 Å². The molecule has 0 amide bonds. The standard InChI is InChI=1S/C9H9F3N2O3/c10-9(11,12)13-4-3-6-1-2-8(15)7(5-6)14(16)17/h1-2,5,13,15H,3-4H2. The summed E-state index contributed by atoms with van der Waals surface area (Å²) in [5.74, 6) is -0.512. The van der Waals surface area contributed by atoms with Gasteiger partial charge in [-0.2, -0.15) is 13.2 Å². The molecule has 0 unspecified atom stereocenters. The Hall–Kier alpha value is -1.83. The van der Waals surface area contributed by atoms with E-state index in [1.54, 1.807) is 0 Å². The summed E-state index contributed by atoms with van der Waals surface area (Å²) < 4.78 is 35.3. The molecule has 0 fully saturated rings. The molecule has 0 aromatic heterocycles. The molecular formula is C9H9F3N2O3. The minimum Gasteiger partial charge on any atom is -0.502 e. The summed E-state index contributed by atoms with van der Waals surface area (Å²) in [5, 5.41) is 20.9. The fraction of sp³-hybridized carbons (Fsp3) is 0.333. The van der Waals surface area contributed by atoms with E-state index in [-0.39, 0.29) is 13.0 Å². The fourth-order valence-electron chi connectivity index (χ4n) is 1.22. The first-order valence-corrected chi connectivity index (χ1v) is 4.57. The third kappa shape index (κ3) is 4.27. The van der Waals surface area contributed by atoms with Gasteiger partial charge in [0.2, 0.25) is 0 Å². The molecule has 0 saturated heterocycles. The van der Waals surface area contributed by atoms with Crippen LogP contribution in [0, 0.1) is 10.1 Å². The molecule has 0 aliphatic rings. The van der Waals surface area contributed by atoms with Crippen LogP contribution in [-0.4, -0.2) is 22.9 Å². The van der Waals surface area contributed by atoms with Crippen LogP contribution >= 0.6 is 0 Å². The van der Waals surface area contributed by atoms with Crippen LogP contribution in [0.15, 0.2) is 18.2 Å². The Kier molecular flexibility index (Phi) is 3.89. The second kappa shape index (κ2) is 5.00. The van der Waals surface area contributed by atoms with Crippen LogP contribution in [0.4, 0.5) is 18.9 Å². The summed E-state index contributed by atoms with van der Waals surface area (Å²) in [4.78, 5) is 9.66. The van der Waals surface area contributed by atoms with Gasteiger partial charge in [-0.25, -0.2) is 5.32 Å². The van der Waals surface area contributed by atoms with Crippen LogP contribution in [-0.2, 0) is 6.42 Å². The zero-order valence-corrected chi connectivity index (χ0v) is 8.49. The van der Waals surface area contributed by atoms with Gasteiger partial charge in [-0.15, -0.1) is 0 Å². The number of aromatic hydroxyl groups is 1. The first-order chi connectivity index (χ1) is 7.79. The average Bonchev–Trinajstić information content (AvgIpc) is 2.18. The molecule has 5 nitrogen and oxygen atoms in total. The molecule has 17 heavy (non-hydrogen) atoms. The lowest BCUT2D eigenvalue weighted by Gasteiger charge is -2.08. The number of benzene rings is 1. The molecule has 0 aliphatic carbocycles. The van der Waals surface area contributed by atoms with Gasteiger partial charge in [0.05, 0.1) is 4.92 Å². The number of phenolic OH excluding ortho intramolecular Hbond substituents is 1. The summed E-state index contributed by atoms with van der Waals surface area (Å²) in [5.41, 5.74) is -0.180. The van der Waals surface area contributed by atoms with E-state index in [1.165, 1.54) is 11.4 Å². The van der Waals surface area contributed by atoms with Gasteiger partial charge in [0.25, 0.3) is 0 Å². The van der Waals surface area contributed by atoms with Crippen LogP contribution in [0.5, 0.6) is 5.75 Å². The Labute approximate surface area is 94.0 Å². The third-order valence-electron chi connectivity index (χ3n) is 1.98. The zero-order valence-electron chi connectivity index (χ0n) is 8.49. The van der Waals surface area contributed by atoms with Crippen molar-refractivity contribution >= 4 is 5.69 Å². The summed E-state index contributed by atoms with van der Waals surface area (Å²) in [6.07, 6.45) is -4.50. The molecule has 0 atom stereocenters. The predicted molar refractivity (Wildman–Crippen MR) is 52.5 cm³/mol. The van der Waals surface area contributed by atoms with E-state index in [0.717, 1.165) is 12.1 Å². The highest BCUT2D eigenvalue weighted by Crippen LogP contribution is 2.26. The van der Waals surface area contributed by atoms with Crippen molar-refractivity contribution in [1.82, 2.24) is 5.32 Å². The molecule has 1 aromatic carbocycles. The second-order valence-electron chi connectivity index (χ2n) is 3.25. The molecule has 94 valence electrons. The normalized spacial score (nSPS) is 11.5. The fourth-order valence-corrected chi connectivity index (χ4v) is 1.22. The van der Waals surface area contributed by atoms with Crippen LogP contribution in [0.1, 0.15) is 5.56 Å². The van der Waals surface area contributed by atoms with Crippen molar-refractivity contribution in [3.05, 3.63) is 33.9 Å². The molecule has 1 aromatic rings. The number of halogens is 3. The van der Waals surface area contributed by atoms with Gasteiger partial charge in [0.15, 0.2) is 5.75 Å². The third-order valence-corrected chi connectivity index (χ3v) is 1.98. The smallest absolute Gasteiger partial charge is 0.457 e. The largest absolute Gasteiger partial charge is 0.502 e. The average molecular weight is 250 g/mol. The van der Waals surface area contributed by atoms with Gasteiger partial charge in [0, 0.05) is 12.6 Å². The molecule has 0 bridgehead atoms. The molecule has 0 spiro atoms. The van der Waals surface area contributed by atoms with Crippen LogP contribution in [0.3, 0.4) is 0 Å². The van der Waals surface area contributed by atoms with Gasteiger partial charge >= 0.3 is 12.0 Å². The lowest BCUT2D eigenvalue weighted by molar-refractivity contribution is -0.385. The maximum atomic E-state index is 11.8. The highest BCUT2D eigenvalue weighted by atomic mass is 19.4. The number of alkyl halides is 3. The van der Waals surface area contributed by atoms with Gasteiger partial charge in [-0.1, -0.05) is 6.07 Å². The molecule has 0 aliphatic heterocycles. The van der Waals surface area contributed by atoms with Crippen LogP contribution in [0.2, 0.25) is 0 Å². The molecule has 0 saturated carbocycles. The number of hydrogen-bond acceptors (Lipinski definition) is 4. The molecule has 0 heterocycles. The number of nitrogens with one attached hydrogen (secondary N) is 1. The second-order valence-corrected chi connectivity index (χ2v) is 3.25. The highest BCUT2D eigenvalue weighted by molar-refractivity contribution is 5.47. The molecule has 2 N–H and O–H groups in total. The van der Waals surface area contributed by atoms with Crippen molar-refractivity contribution < 1.29 is 23.2 Å². The number of nitrogens with zero attached hydrogens (tertiary/aromatic N) is 1. The molecule has 8 heteroatoms. The first-order valence-electron chi connectivity index (χ1n) is 4.57. The van der Waals surface area contributed by atoms with Crippen molar-refractivity contribution in [2.45, 2.75) is 12.7 Å². The number of phenols is 1. The lowest BCUT2D eigenvalue weighted by atomic mass is 10.1. The van der Waals surface area contributed by atoms with Crippen LogP contribution < -0.4 is 5.32 Å². The Morgan fingerprint density at radius 3 is 2.59 bits per heavy atom. The van der Waals surface area contributed by atoms with E-state index >= 15 is 0 Å². The lowest BCUT2D eigenvalue weighted by Crippen LogP contribution is -2.33. The maximum absolute atomic E-state index is 11.8. The summed E-state index contributed by atoms with van der Waals surface area (Å²) in [6, 6.07) is 3.47. The minimum atomic E-state index is -4.47. The Balaban J connectivity index is 2.67. The summed E-state index contributed by atoms with van der Waals surface area (Å²) in [6.45, 7) is -0.384. The number of rotatable bonds is 4. The zero-order chi connectivity index (χ0) is 13.1. The topological polar surface area (TPSA) is 75.4 Å². The maximum Gasteiger partial charge on any atom is 0.457 e. The van der Waals surface area contributed by atoms with Crippen molar-refractivity contribution in [1.29, 1.82) is 0 Å². The van der Waals surface area contributed by atoms with Crippen molar-refractivity contribution in [2.24, 2.45) is 0 Å². The predicted octanol–water partition coefficient (Wildman–Crippen LogP) is 1.95. The molecule has 0 radical (unpaired) electrons. The molecular weight excluding hydrogens is 241 g/mol. The van der Waals surface area contributed by atoms with Gasteiger partial charge < -0.3 is 5.11 Å². The van der Waals surface area contributed by atoms with Gasteiger partial charge in [0.1, 0.15) is 0 Å². The quantitative estimate of drug-likeness (QED) is 0.486. The van der Waals surface area contributed by atoms with Gasteiger partial charge in [-0.3, -0.25) is 10.1 Å². The highest BCUT2D eigenvalue weighted by Gasteiger charge is 2.25. The first kappa shape index (κ1) is 13.2. The SMILES string of the molecule is O=[N+]([O-])c1cc(CCNC(F)(F)F)ccc1O.